The van der Waals surface area contributed by atoms with Crippen molar-refractivity contribution in [3.05, 3.63) is 105 Å². The molecule has 0 radical (unpaired) electrons. The third-order valence-corrected chi connectivity index (χ3v) is 13.2. The van der Waals surface area contributed by atoms with E-state index in [9.17, 15) is 19.1 Å². The molecule has 1 amide bonds. The minimum Gasteiger partial charge on any atom is -0.508 e. The highest BCUT2D eigenvalue weighted by atomic mass is 19.1. The predicted molar refractivity (Wildman–Crippen MR) is 206 cm³/mol. The van der Waals surface area contributed by atoms with Crippen molar-refractivity contribution in [3.63, 3.8) is 0 Å². The highest BCUT2D eigenvalue weighted by Gasteiger charge is 2.55. The number of aromatic amines is 1. The van der Waals surface area contributed by atoms with Gasteiger partial charge >= 0.3 is 0 Å². The second kappa shape index (κ2) is 15.9. The van der Waals surface area contributed by atoms with Crippen molar-refractivity contribution in [2.75, 3.05) is 52.5 Å². The van der Waals surface area contributed by atoms with E-state index in [1.165, 1.54) is 42.9 Å². The number of phenolic OH excluding ortho intramolecular Hbond substituents is 1. The van der Waals surface area contributed by atoms with Gasteiger partial charge in [-0.05, 0) is 122 Å². The summed E-state index contributed by atoms with van der Waals surface area (Å²) < 4.78 is 27.5. The second-order valence-electron chi connectivity index (χ2n) is 16.3. The van der Waals surface area contributed by atoms with Gasteiger partial charge in [0.05, 0.1) is 22.7 Å². The molecule has 3 aliphatic carbocycles. The van der Waals surface area contributed by atoms with E-state index in [1.807, 2.05) is 24.3 Å². The zero-order valence-electron chi connectivity index (χ0n) is 31.4. The number of halogens is 1. The van der Waals surface area contributed by atoms with E-state index in [2.05, 4.69) is 28.1 Å². The summed E-state index contributed by atoms with van der Waals surface area (Å²) in [5.41, 5.74) is 4.33. The summed E-state index contributed by atoms with van der Waals surface area (Å²) in [5, 5.41) is 18.1. The Kier molecular flexibility index (Phi) is 10.9. The van der Waals surface area contributed by atoms with Crippen LogP contribution < -0.4 is 5.56 Å². The lowest BCUT2D eigenvalue weighted by Crippen LogP contribution is -2.49. The lowest BCUT2D eigenvalue weighted by atomic mass is 9.55. The van der Waals surface area contributed by atoms with Gasteiger partial charge in [-0.1, -0.05) is 37.3 Å². The zero-order chi connectivity index (χ0) is 37.2. The lowest BCUT2D eigenvalue weighted by Gasteiger charge is -2.50. The van der Waals surface area contributed by atoms with Crippen LogP contribution in [-0.2, 0) is 22.3 Å². The van der Waals surface area contributed by atoms with Crippen molar-refractivity contribution in [2.24, 2.45) is 17.3 Å². The first kappa shape index (κ1) is 36.8. The van der Waals surface area contributed by atoms with Crippen LogP contribution in [-0.4, -0.2) is 89.7 Å². The van der Waals surface area contributed by atoms with Gasteiger partial charge in [-0.2, -0.15) is 5.10 Å². The van der Waals surface area contributed by atoms with Gasteiger partial charge < -0.3 is 19.5 Å². The number of phenols is 1. The van der Waals surface area contributed by atoms with Gasteiger partial charge in [-0.3, -0.25) is 14.5 Å². The number of carbonyl (C=O) groups is 1. The third-order valence-electron chi connectivity index (χ3n) is 13.2. The molecule has 2 N–H and O–H groups in total. The number of fused-ring (bicyclic) bond motifs is 6. The minimum absolute atomic E-state index is 0.0687. The first-order valence-corrected chi connectivity index (χ1v) is 20.1. The van der Waals surface area contributed by atoms with Crippen LogP contribution in [0.5, 0.6) is 5.75 Å². The molecular weight excluding hydrogens is 684 g/mol. The molecule has 10 heteroatoms. The number of aromatic nitrogens is 2. The molecule has 1 saturated heterocycles. The van der Waals surface area contributed by atoms with Gasteiger partial charge in [0.1, 0.15) is 11.6 Å². The number of aryl methyl sites for hydroxylation is 1. The lowest BCUT2D eigenvalue weighted by molar-refractivity contribution is -0.0677. The van der Waals surface area contributed by atoms with Gasteiger partial charge in [-0.25, -0.2) is 9.49 Å². The first-order chi connectivity index (χ1) is 26.3. The van der Waals surface area contributed by atoms with Crippen LogP contribution in [0.2, 0.25) is 0 Å². The Bertz CT molecular complexity index is 2030. The van der Waals surface area contributed by atoms with E-state index in [-0.39, 0.29) is 22.4 Å². The number of rotatable bonds is 12. The minimum atomic E-state index is -0.532. The Morgan fingerprint density at radius 2 is 1.78 bits per heavy atom. The molecule has 54 heavy (non-hydrogen) atoms. The maximum absolute atomic E-state index is 14.9. The standard InChI is InChI=1S/C44H53FN4O5/c1-44-17-16-33-32-12-10-31(50)28-30(32)9-11-34(33)38(44)13-15-41(44)54-25-5-24-53-23-4-18-48-19-21-49(22-20-48)43(52)37-26-29(8-14-39(37)45)27-40-35-6-2-3-7-36(35)42(51)47-46-40/h2-3,6-8,10,12,14,26,28,33-34,38,41,50H,4-5,9,11,13,15-25,27H2,1H3,(H,47,51)/t33-,34-,38+,41?,44+/m1/s1. The maximum Gasteiger partial charge on any atom is 0.272 e. The van der Waals surface area contributed by atoms with E-state index in [1.54, 1.807) is 29.2 Å². The number of H-pyrrole nitrogens is 1. The van der Waals surface area contributed by atoms with Crippen LogP contribution in [0.15, 0.2) is 65.5 Å². The van der Waals surface area contributed by atoms with Crippen LogP contribution in [0.3, 0.4) is 0 Å². The van der Waals surface area contributed by atoms with Gasteiger partial charge in [0.15, 0.2) is 0 Å². The van der Waals surface area contributed by atoms with Gasteiger partial charge in [0.25, 0.3) is 11.5 Å². The van der Waals surface area contributed by atoms with Gasteiger partial charge in [0, 0.05) is 64.4 Å². The normalized spacial score (nSPS) is 25.3. The largest absolute Gasteiger partial charge is 0.508 e. The fraction of sp³-hybridized carbons (Fsp3) is 0.523. The number of piperazine rings is 1. The summed E-state index contributed by atoms with van der Waals surface area (Å²) >= 11 is 0. The number of nitrogens with one attached hydrogen (secondary N) is 1. The number of hydrogen-bond acceptors (Lipinski definition) is 7. The van der Waals surface area contributed by atoms with Crippen LogP contribution in [0.4, 0.5) is 4.39 Å². The average molecular weight is 737 g/mol. The fourth-order valence-electron chi connectivity index (χ4n) is 10.4. The molecule has 5 atom stereocenters. The molecule has 9 nitrogen and oxygen atoms in total. The Labute approximate surface area is 316 Å². The van der Waals surface area contributed by atoms with Gasteiger partial charge in [-0.15, -0.1) is 0 Å². The van der Waals surface area contributed by atoms with Crippen molar-refractivity contribution in [1.29, 1.82) is 0 Å². The quantitative estimate of drug-likeness (QED) is 0.153. The Morgan fingerprint density at radius 1 is 0.963 bits per heavy atom. The number of aromatic hydroxyl groups is 1. The van der Waals surface area contributed by atoms with Gasteiger partial charge in [0.2, 0.25) is 0 Å². The van der Waals surface area contributed by atoms with E-state index in [4.69, 9.17) is 9.47 Å². The smallest absolute Gasteiger partial charge is 0.272 e. The van der Waals surface area contributed by atoms with Crippen molar-refractivity contribution < 1.29 is 23.8 Å². The molecule has 1 aliphatic heterocycles. The molecule has 8 rings (SSSR count). The Hall–Kier alpha value is -4.12. The van der Waals surface area contributed by atoms with Crippen molar-refractivity contribution in [1.82, 2.24) is 20.0 Å². The number of ether oxygens (including phenoxy) is 2. The molecule has 4 aliphatic rings. The number of carbonyl (C=O) groups excluding carboxylic acids is 1. The zero-order valence-corrected chi connectivity index (χ0v) is 31.4. The number of hydrogen-bond donors (Lipinski definition) is 2. The van der Waals surface area contributed by atoms with Crippen LogP contribution >= 0.6 is 0 Å². The summed E-state index contributed by atoms with van der Waals surface area (Å²) in [6.45, 7) is 8.10. The van der Waals surface area contributed by atoms with Crippen molar-refractivity contribution in [2.45, 2.75) is 76.7 Å². The molecular formula is C44H53FN4O5. The topological polar surface area (TPSA) is 108 Å². The molecule has 0 bridgehead atoms. The summed E-state index contributed by atoms with van der Waals surface area (Å²) in [4.78, 5) is 29.7. The summed E-state index contributed by atoms with van der Waals surface area (Å²) in [5.74, 6) is 1.63. The first-order valence-electron chi connectivity index (χ1n) is 20.1. The van der Waals surface area contributed by atoms with E-state index in [0.29, 0.717) is 67.5 Å². The number of benzene rings is 3. The van der Waals surface area contributed by atoms with Crippen LogP contribution in [0, 0.1) is 23.1 Å². The fourth-order valence-corrected chi connectivity index (χ4v) is 10.4. The summed E-state index contributed by atoms with van der Waals surface area (Å²) in [7, 11) is 0. The van der Waals surface area contributed by atoms with E-state index < -0.39 is 5.82 Å². The van der Waals surface area contributed by atoms with E-state index >= 15 is 0 Å². The number of amides is 1. The second-order valence-corrected chi connectivity index (χ2v) is 16.3. The molecule has 286 valence electrons. The molecule has 3 aromatic carbocycles. The highest BCUT2D eigenvalue weighted by molar-refractivity contribution is 5.95. The SMILES string of the molecule is C[C@]12CC[C@@H]3c4ccc(O)cc4CC[C@H]3[C@@H]1CCC2OCCCOCCCN1CCN(C(=O)c2cc(Cc3n[nH]c(=O)c4ccccc34)ccc2F)CC1. The average Bonchev–Trinajstić information content (AvgIpc) is 3.53. The third kappa shape index (κ3) is 7.45. The predicted octanol–water partition coefficient (Wildman–Crippen LogP) is 6.85. The van der Waals surface area contributed by atoms with Crippen molar-refractivity contribution in [3.8, 4) is 5.75 Å². The Morgan fingerprint density at radius 3 is 2.63 bits per heavy atom. The Balaban J connectivity index is 0.728. The van der Waals surface area contributed by atoms with Crippen LogP contribution in [0.25, 0.3) is 10.8 Å². The molecule has 1 unspecified atom stereocenters. The maximum atomic E-state index is 14.9. The molecule has 2 saturated carbocycles. The number of nitrogens with zero attached hydrogens (tertiary/aromatic N) is 3. The summed E-state index contributed by atoms with van der Waals surface area (Å²) in [6, 6.07) is 17.9. The van der Waals surface area contributed by atoms with Crippen molar-refractivity contribution >= 4 is 16.7 Å². The monoisotopic (exact) mass is 736 g/mol. The van der Waals surface area contributed by atoms with E-state index in [0.717, 1.165) is 68.8 Å². The molecule has 4 aromatic rings. The molecule has 3 fully saturated rings. The highest BCUT2D eigenvalue weighted by Crippen LogP contribution is 2.61. The molecule has 0 spiro atoms. The summed E-state index contributed by atoms with van der Waals surface area (Å²) in [6.07, 6.45) is 9.66. The molecule has 1 aromatic heterocycles. The van der Waals surface area contributed by atoms with Crippen LogP contribution in [0.1, 0.15) is 90.5 Å². The molecule has 2 heterocycles.